The molecule has 3 heterocycles. The normalized spacial score (nSPS) is 15.1. The molecule has 170 valence electrons. The molecule has 0 atom stereocenters. The van der Waals surface area contributed by atoms with Crippen LogP contribution in [0.3, 0.4) is 0 Å². The molecule has 0 unspecified atom stereocenters. The van der Waals surface area contributed by atoms with Gasteiger partial charge in [0.05, 0.1) is 23.5 Å². The highest BCUT2D eigenvalue weighted by atomic mass is 32.2. The Kier molecular flexibility index (Phi) is 7.13. The summed E-state index contributed by atoms with van der Waals surface area (Å²) in [5, 5.41) is 12.0. The number of thioether (sulfide) groups is 1. The second-order valence-electron chi connectivity index (χ2n) is 7.19. The number of hydrogen-bond donors (Lipinski definition) is 1. The number of sulfonamides is 1. The maximum absolute atomic E-state index is 12.8. The Morgan fingerprint density at radius 2 is 1.91 bits per heavy atom. The van der Waals surface area contributed by atoms with Crippen molar-refractivity contribution in [1.29, 1.82) is 0 Å². The van der Waals surface area contributed by atoms with Crippen molar-refractivity contribution < 1.29 is 17.6 Å². The van der Waals surface area contributed by atoms with Crippen molar-refractivity contribution in [2.45, 2.75) is 22.7 Å². The summed E-state index contributed by atoms with van der Waals surface area (Å²) < 4.78 is 33.0. The minimum Gasteiger partial charge on any atom is -0.467 e. The van der Waals surface area contributed by atoms with Crippen molar-refractivity contribution in [3.8, 4) is 0 Å². The minimum atomic E-state index is -3.54. The van der Waals surface area contributed by atoms with Crippen molar-refractivity contribution >= 4 is 44.2 Å². The van der Waals surface area contributed by atoms with Gasteiger partial charge in [-0.25, -0.2) is 8.42 Å². The number of aromatic nitrogens is 2. The van der Waals surface area contributed by atoms with Gasteiger partial charge in [-0.15, -0.1) is 10.2 Å². The fraction of sp³-hybridized carbons (Fsp3) is 0.350. The average molecular weight is 494 g/mol. The third-order valence-electron chi connectivity index (χ3n) is 4.97. The highest BCUT2D eigenvalue weighted by molar-refractivity contribution is 8.01. The van der Waals surface area contributed by atoms with E-state index < -0.39 is 10.0 Å². The van der Waals surface area contributed by atoms with Crippen LogP contribution in [0.25, 0.3) is 0 Å². The maximum atomic E-state index is 12.8. The molecule has 1 fully saturated rings. The lowest BCUT2D eigenvalue weighted by Crippen LogP contribution is -2.50. The molecule has 1 aromatic carbocycles. The van der Waals surface area contributed by atoms with Crippen LogP contribution >= 0.6 is 23.1 Å². The van der Waals surface area contributed by atoms with E-state index in [4.69, 9.17) is 4.42 Å². The van der Waals surface area contributed by atoms with E-state index in [1.54, 1.807) is 35.4 Å². The van der Waals surface area contributed by atoms with Crippen molar-refractivity contribution in [1.82, 2.24) is 19.4 Å². The first kappa shape index (κ1) is 22.8. The molecule has 0 aliphatic carbocycles. The summed E-state index contributed by atoms with van der Waals surface area (Å²) in [6, 6.07) is 10.5. The van der Waals surface area contributed by atoms with E-state index in [1.165, 1.54) is 27.4 Å². The van der Waals surface area contributed by atoms with Crippen LogP contribution in [0.2, 0.25) is 0 Å². The number of carbonyl (C=O) groups is 1. The molecule has 1 amide bonds. The molecular formula is C20H23N5O4S3. The lowest BCUT2D eigenvalue weighted by molar-refractivity contribution is -0.129. The maximum Gasteiger partial charge on any atom is 0.243 e. The Balaban J connectivity index is 1.24. The summed E-state index contributed by atoms with van der Waals surface area (Å²) >= 11 is 2.70. The van der Waals surface area contributed by atoms with Gasteiger partial charge in [0.25, 0.3) is 0 Å². The van der Waals surface area contributed by atoms with E-state index in [-0.39, 0.29) is 29.6 Å². The predicted molar refractivity (Wildman–Crippen MR) is 123 cm³/mol. The molecule has 32 heavy (non-hydrogen) atoms. The second-order valence-corrected chi connectivity index (χ2v) is 11.3. The summed E-state index contributed by atoms with van der Waals surface area (Å²) in [4.78, 5) is 14.6. The molecule has 1 N–H and O–H groups in total. The quantitative estimate of drug-likeness (QED) is 0.477. The topological polar surface area (TPSA) is 109 Å². The van der Waals surface area contributed by atoms with Crippen LogP contribution in [0.15, 0.2) is 56.3 Å². The molecule has 4 rings (SSSR count). The fourth-order valence-electron chi connectivity index (χ4n) is 3.17. The number of rotatable bonds is 8. The summed E-state index contributed by atoms with van der Waals surface area (Å²) in [6.45, 7) is 3.74. The van der Waals surface area contributed by atoms with Gasteiger partial charge in [0.1, 0.15) is 5.76 Å². The smallest absolute Gasteiger partial charge is 0.243 e. The molecule has 1 aliphatic heterocycles. The molecule has 0 spiro atoms. The van der Waals surface area contributed by atoms with Crippen molar-refractivity contribution in [2.24, 2.45) is 0 Å². The molecule has 12 heteroatoms. The number of anilines is 1. The van der Waals surface area contributed by atoms with Gasteiger partial charge < -0.3 is 14.6 Å². The number of carbonyl (C=O) groups excluding carboxylic acids is 1. The lowest BCUT2D eigenvalue weighted by Gasteiger charge is -2.34. The van der Waals surface area contributed by atoms with Crippen LogP contribution in [0, 0.1) is 6.92 Å². The zero-order valence-electron chi connectivity index (χ0n) is 17.4. The molecule has 9 nitrogen and oxygen atoms in total. The number of piperazine rings is 1. The van der Waals surface area contributed by atoms with Gasteiger partial charge in [0, 0.05) is 26.2 Å². The monoisotopic (exact) mass is 493 g/mol. The fourth-order valence-corrected chi connectivity index (χ4v) is 6.24. The minimum absolute atomic E-state index is 0.0392. The van der Waals surface area contributed by atoms with Gasteiger partial charge in [-0.1, -0.05) is 40.8 Å². The van der Waals surface area contributed by atoms with Crippen LogP contribution in [-0.2, 0) is 21.4 Å². The van der Waals surface area contributed by atoms with E-state index in [1.807, 2.05) is 19.1 Å². The third-order valence-corrected chi connectivity index (χ3v) is 8.88. The SMILES string of the molecule is Cc1ccc(S(=O)(=O)N2CCN(C(=O)CSc3nnc(NCc4ccco4)s3)CC2)cc1. The number of amides is 1. The van der Waals surface area contributed by atoms with Crippen LogP contribution in [0.1, 0.15) is 11.3 Å². The van der Waals surface area contributed by atoms with Crippen molar-refractivity contribution in [3.63, 3.8) is 0 Å². The summed E-state index contributed by atoms with van der Waals surface area (Å²) in [5.41, 5.74) is 1.01. The summed E-state index contributed by atoms with van der Waals surface area (Å²) in [6.07, 6.45) is 1.61. The Bertz CT molecular complexity index is 1140. The Hall–Kier alpha value is -2.41. The van der Waals surface area contributed by atoms with Gasteiger partial charge in [0.15, 0.2) is 4.34 Å². The van der Waals surface area contributed by atoms with Crippen molar-refractivity contribution in [3.05, 3.63) is 54.0 Å². The number of nitrogens with zero attached hydrogens (tertiary/aromatic N) is 4. The van der Waals surface area contributed by atoms with Gasteiger partial charge in [-0.3, -0.25) is 4.79 Å². The Labute approximate surface area is 194 Å². The zero-order valence-corrected chi connectivity index (χ0v) is 19.9. The highest BCUT2D eigenvalue weighted by Gasteiger charge is 2.30. The summed E-state index contributed by atoms with van der Waals surface area (Å²) in [5.74, 6) is 0.994. The molecule has 0 bridgehead atoms. The molecule has 0 radical (unpaired) electrons. The molecule has 3 aromatic rings. The van der Waals surface area contributed by atoms with Crippen LogP contribution in [0.4, 0.5) is 5.13 Å². The first-order valence-corrected chi connectivity index (χ1v) is 13.2. The van der Waals surface area contributed by atoms with Gasteiger partial charge in [-0.2, -0.15) is 4.31 Å². The van der Waals surface area contributed by atoms with E-state index in [2.05, 4.69) is 15.5 Å². The number of aryl methyl sites for hydroxylation is 1. The van der Waals surface area contributed by atoms with Gasteiger partial charge in [-0.05, 0) is 31.2 Å². The van der Waals surface area contributed by atoms with Gasteiger partial charge >= 0.3 is 0 Å². The van der Waals surface area contributed by atoms with E-state index in [9.17, 15) is 13.2 Å². The number of furan rings is 1. The second kappa shape index (κ2) is 10.0. The van der Waals surface area contributed by atoms with Crippen molar-refractivity contribution in [2.75, 3.05) is 37.2 Å². The Morgan fingerprint density at radius 1 is 1.16 bits per heavy atom. The highest BCUT2D eigenvalue weighted by Crippen LogP contribution is 2.26. The van der Waals surface area contributed by atoms with Crippen LogP contribution in [0.5, 0.6) is 0 Å². The van der Waals surface area contributed by atoms with Crippen LogP contribution < -0.4 is 5.32 Å². The van der Waals surface area contributed by atoms with E-state index in [0.717, 1.165) is 11.3 Å². The zero-order chi connectivity index (χ0) is 22.6. The molecule has 1 saturated heterocycles. The van der Waals surface area contributed by atoms with Crippen LogP contribution in [-0.4, -0.2) is 65.7 Å². The first-order chi connectivity index (χ1) is 15.4. The molecule has 0 saturated carbocycles. The first-order valence-electron chi connectivity index (χ1n) is 9.99. The molecule has 2 aromatic heterocycles. The number of hydrogen-bond acceptors (Lipinski definition) is 9. The van der Waals surface area contributed by atoms with E-state index in [0.29, 0.717) is 29.1 Å². The van der Waals surface area contributed by atoms with Gasteiger partial charge in [0.2, 0.25) is 21.1 Å². The number of nitrogens with one attached hydrogen (secondary N) is 1. The molecule has 1 aliphatic rings. The Morgan fingerprint density at radius 3 is 2.59 bits per heavy atom. The lowest BCUT2D eigenvalue weighted by atomic mass is 10.2. The van der Waals surface area contributed by atoms with E-state index >= 15 is 0 Å². The number of benzene rings is 1. The third kappa shape index (κ3) is 5.49. The standard InChI is InChI=1S/C20H23N5O4S3/c1-15-4-6-17(7-5-15)32(27,28)25-10-8-24(9-11-25)18(26)14-30-20-23-22-19(31-20)21-13-16-3-2-12-29-16/h2-7,12H,8-11,13-14H2,1H3,(H,21,22). The largest absolute Gasteiger partial charge is 0.467 e. The summed E-state index contributed by atoms with van der Waals surface area (Å²) in [7, 11) is -3.54. The predicted octanol–water partition coefficient (Wildman–Crippen LogP) is 2.68. The molecular weight excluding hydrogens is 470 g/mol. The average Bonchev–Trinajstić information content (AvgIpc) is 3.48.